The van der Waals surface area contributed by atoms with Crippen molar-refractivity contribution < 1.29 is 32.2 Å². The van der Waals surface area contributed by atoms with Crippen LogP contribution in [0.15, 0.2) is 47.6 Å². The number of halogens is 3. The van der Waals surface area contributed by atoms with E-state index in [2.05, 4.69) is 10.5 Å². The molecule has 2 rings (SSSR count). The summed E-state index contributed by atoms with van der Waals surface area (Å²) in [7, 11) is 1.44. The molecule has 0 fully saturated rings. The van der Waals surface area contributed by atoms with E-state index in [4.69, 9.17) is 14.2 Å². The molecule has 1 N–H and O–H groups in total. The molecule has 0 aliphatic heterocycles. The fraction of sp³-hybridized carbons (Fsp3) is 0.263. The number of carbonyl (C=O) groups is 1. The minimum absolute atomic E-state index is 0.201. The Morgan fingerprint density at radius 2 is 1.96 bits per heavy atom. The number of methoxy groups -OCH3 is 1. The van der Waals surface area contributed by atoms with Gasteiger partial charge in [0, 0.05) is 0 Å². The third-order valence-electron chi connectivity index (χ3n) is 3.44. The minimum atomic E-state index is -4.42. The lowest BCUT2D eigenvalue weighted by Gasteiger charge is -2.11. The van der Waals surface area contributed by atoms with Gasteiger partial charge in [-0.25, -0.2) is 4.79 Å². The summed E-state index contributed by atoms with van der Waals surface area (Å²) in [6.45, 7) is 1.70. The van der Waals surface area contributed by atoms with Crippen LogP contribution in [0.5, 0.6) is 11.5 Å². The van der Waals surface area contributed by atoms with E-state index in [0.717, 1.165) is 12.1 Å². The highest BCUT2D eigenvalue weighted by molar-refractivity contribution is 5.81. The maximum Gasteiger partial charge on any atom is 0.416 e. The van der Waals surface area contributed by atoms with E-state index in [1.807, 2.05) is 0 Å². The topological polar surface area (TPSA) is 69.2 Å². The van der Waals surface area contributed by atoms with Gasteiger partial charge in [0.15, 0.2) is 18.1 Å². The molecule has 0 aliphatic carbocycles. The predicted octanol–water partition coefficient (Wildman–Crippen LogP) is 4.10. The second-order valence-corrected chi connectivity index (χ2v) is 5.45. The number of anilines is 1. The first-order valence-corrected chi connectivity index (χ1v) is 8.26. The zero-order valence-electron chi connectivity index (χ0n) is 15.2. The highest BCUT2D eigenvalue weighted by Gasteiger charge is 2.30. The Bertz CT molecular complexity index is 838. The van der Waals surface area contributed by atoms with Gasteiger partial charge in [-0.15, -0.1) is 0 Å². The van der Waals surface area contributed by atoms with Crippen molar-refractivity contribution in [3.63, 3.8) is 0 Å². The normalized spacial score (nSPS) is 11.3. The second kappa shape index (κ2) is 9.63. The molecular weight excluding hydrogens is 377 g/mol. The number of esters is 1. The van der Waals surface area contributed by atoms with E-state index in [1.54, 1.807) is 25.1 Å². The number of benzene rings is 2. The Morgan fingerprint density at radius 3 is 2.64 bits per heavy atom. The first-order valence-electron chi connectivity index (χ1n) is 8.26. The van der Waals surface area contributed by atoms with Crippen LogP contribution in [0.25, 0.3) is 0 Å². The highest BCUT2D eigenvalue weighted by Crippen LogP contribution is 2.31. The highest BCUT2D eigenvalue weighted by atomic mass is 19.4. The molecule has 2 aromatic carbocycles. The molecule has 0 radical (unpaired) electrons. The number of ether oxygens (including phenoxy) is 3. The summed E-state index contributed by atoms with van der Waals surface area (Å²) in [4.78, 5) is 11.4. The first-order chi connectivity index (χ1) is 13.3. The van der Waals surface area contributed by atoms with Crippen LogP contribution in [-0.4, -0.2) is 32.5 Å². The molecule has 0 unspecified atom stereocenters. The smallest absolute Gasteiger partial charge is 0.416 e. The van der Waals surface area contributed by atoms with Gasteiger partial charge in [-0.1, -0.05) is 6.07 Å². The molecule has 0 aliphatic rings. The number of nitrogens with zero attached hydrogens (tertiary/aromatic N) is 1. The van der Waals surface area contributed by atoms with E-state index >= 15 is 0 Å². The van der Waals surface area contributed by atoms with Gasteiger partial charge in [0.2, 0.25) is 0 Å². The number of alkyl halides is 3. The zero-order chi connectivity index (χ0) is 20.6. The van der Waals surface area contributed by atoms with Gasteiger partial charge in [-0.3, -0.25) is 5.43 Å². The van der Waals surface area contributed by atoms with Crippen LogP contribution < -0.4 is 14.9 Å². The van der Waals surface area contributed by atoms with E-state index in [0.29, 0.717) is 17.1 Å². The number of nitrogens with one attached hydrogen (secondary N) is 1. The van der Waals surface area contributed by atoms with E-state index in [1.165, 1.54) is 25.5 Å². The number of hydrogen-bond acceptors (Lipinski definition) is 6. The molecule has 0 saturated carbocycles. The third-order valence-corrected chi connectivity index (χ3v) is 3.44. The molecule has 0 heterocycles. The number of rotatable bonds is 8. The molecule has 0 saturated heterocycles. The summed E-state index contributed by atoms with van der Waals surface area (Å²) in [6.07, 6.45) is -3.01. The molecule has 0 bridgehead atoms. The average molecular weight is 396 g/mol. The van der Waals surface area contributed by atoms with Gasteiger partial charge >= 0.3 is 12.1 Å². The van der Waals surface area contributed by atoms with Crippen molar-refractivity contribution in [3.05, 3.63) is 53.6 Å². The van der Waals surface area contributed by atoms with Gasteiger partial charge in [0.25, 0.3) is 0 Å². The van der Waals surface area contributed by atoms with Crippen molar-refractivity contribution in [3.8, 4) is 11.5 Å². The van der Waals surface area contributed by atoms with E-state index in [-0.39, 0.29) is 18.9 Å². The average Bonchev–Trinajstić information content (AvgIpc) is 2.66. The van der Waals surface area contributed by atoms with Crippen molar-refractivity contribution in [2.75, 3.05) is 25.7 Å². The third kappa shape index (κ3) is 6.19. The Balaban J connectivity index is 2.03. The van der Waals surface area contributed by atoms with Gasteiger partial charge in [-0.05, 0) is 48.9 Å². The lowest BCUT2D eigenvalue weighted by Crippen LogP contribution is -2.14. The van der Waals surface area contributed by atoms with Crippen LogP contribution >= 0.6 is 0 Å². The summed E-state index contributed by atoms with van der Waals surface area (Å²) >= 11 is 0. The second-order valence-electron chi connectivity index (χ2n) is 5.45. The first kappa shape index (κ1) is 21.1. The molecule has 150 valence electrons. The monoisotopic (exact) mass is 396 g/mol. The van der Waals surface area contributed by atoms with Gasteiger partial charge in [0.05, 0.1) is 31.2 Å². The van der Waals surface area contributed by atoms with Gasteiger partial charge < -0.3 is 14.2 Å². The molecule has 0 spiro atoms. The molecule has 9 heteroatoms. The van der Waals surface area contributed by atoms with Crippen LogP contribution in [0.2, 0.25) is 0 Å². The van der Waals surface area contributed by atoms with Crippen LogP contribution in [0, 0.1) is 0 Å². The van der Waals surface area contributed by atoms with Crippen LogP contribution in [0.4, 0.5) is 18.9 Å². The van der Waals surface area contributed by atoms with Crippen molar-refractivity contribution in [2.45, 2.75) is 13.1 Å². The largest absolute Gasteiger partial charge is 0.493 e. The van der Waals surface area contributed by atoms with Crippen molar-refractivity contribution in [2.24, 2.45) is 5.10 Å². The Kier molecular flexibility index (Phi) is 7.25. The molecule has 28 heavy (non-hydrogen) atoms. The summed E-state index contributed by atoms with van der Waals surface area (Å²) in [5.74, 6) is 0.214. The molecule has 0 atom stereocenters. The SMILES string of the molecule is CCOC(=O)COc1ccc(/C=N\Nc2cccc(C(F)(F)F)c2)cc1OC. The van der Waals surface area contributed by atoms with Gasteiger partial charge in [-0.2, -0.15) is 18.3 Å². The fourth-order valence-corrected chi connectivity index (χ4v) is 2.17. The molecule has 0 amide bonds. The van der Waals surface area contributed by atoms with E-state index in [9.17, 15) is 18.0 Å². The summed E-state index contributed by atoms with van der Waals surface area (Å²) in [6, 6.07) is 9.56. The van der Waals surface area contributed by atoms with Gasteiger partial charge in [0.1, 0.15) is 0 Å². The Hall–Kier alpha value is -3.23. The summed E-state index contributed by atoms with van der Waals surface area (Å²) in [5, 5.41) is 3.93. The lowest BCUT2D eigenvalue weighted by atomic mass is 10.2. The molecule has 0 aromatic heterocycles. The van der Waals surface area contributed by atoms with E-state index < -0.39 is 17.7 Å². The number of carbonyl (C=O) groups excluding carboxylic acids is 1. The zero-order valence-corrected chi connectivity index (χ0v) is 15.2. The maximum atomic E-state index is 12.7. The fourth-order valence-electron chi connectivity index (χ4n) is 2.17. The minimum Gasteiger partial charge on any atom is -0.493 e. The Morgan fingerprint density at radius 1 is 1.18 bits per heavy atom. The Labute approximate surface area is 159 Å². The van der Waals surface area contributed by atoms with Crippen molar-refractivity contribution >= 4 is 17.9 Å². The standard InChI is InChI=1S/C19H19F3N2O4/c1-3-27-18(25)12-28-16-8-7-13(9-17(16)26-2)11-23-24-15-6-4-5-14(10-15)19(20,21)22/h4-11,24H,3,12H2,1-2H3/b23-11-. The quantitative estimate of drug-likeness (QED) is 0.413. The van der Waals surface area contributed by atoms with Crippen LogP contribution in [0.3, 0.4) is 0 Å². The van der Waals surface area contributed by atoms with Crippen LogP contribution in [-0.2, 0) is 15.7 Å². The van der Waals surface area contributed by atoms with Crippen molar-refractivity contribution in [1.29, 1.82) is 0 Å². The number of hydrazone groups is 1. The predicted molar refractivity (Wildman–Crippen MR) is 97.8 cm³/mol. The molecular formula is C19H19F3N2O4. The number of hydrogen-bond donors (Lipinski definition) is 1. The van der Waals surface area contributed by atoms with Crippen molar-refractivity contribution in [1.82, 2.24) is 0 Å². The molecule has 6 nitrogen and oxygen atoms in total. The molecule has 2 aromatic rings. The summed E-state index contributed by atoms with van der Waals surface area (Å²) in [5.41, 5.74) is 2.59. The lowest BCUT2D eigenvalue weighted by molar-refractivity contribution is -0.145. The maximum absolute atomic E-state index is 12.7. The van der Waals surface area contributed by atoms with Crippen LogP contribution in [0.1, 0.15) is 18.1 Å². The summed E-state index contributed by atoms with van der Waals surface area (Å²) < 4.78 is 53.5.